The van der Waals surface area contributed by atoms with Crippen molar-refractivity contribution in [2.75, 3.05) is 0 Å². The predicted molar refractivity (Wildman–Crippen MR) is 89.2 cm³/mol. The van der Waals surface area contributed by atoms with E-state index in [9.17, 15) is 9.18 Å². The van der Waals surface area contributed by atoms with E-state index in [1.54, 1.807) is 24.3 Å². The number of benzene rings is 2. The first-order valence-electron chi connectivity index (χ1n) is 7.51. The summed E-state index contributed by atoms with van der Waals surface area (Å²) >= 11 is 0. The third kappa shape index (κ3) is 2.50. The van der Waals surface area contributed by atoms with Crippen molar-refractivity contribution in [2.24, 2.45) is 0 Å². The Bertz CT molecular complexity index is 1070. The maximum Gasteiger partial charge on any atom is 0.287 e. The van der Waals surface area contributed by atoms with Crippen molar-refractivity contribution >= 4 is 10.9 Å². The Balaban J connectivity index is 1.77. The standard InChI is InChI=1S/C19H13FN2O2/c20-16-10-14-8-4-5-9-18(14)22(19(16)23)12-15-11-17(21-24-15)13-6-2-1-3-7-13/h1-11H,12H2. The van der Waals surface area contributed by atoms with Gasteiger partial charge in [-0.2, -0.15) is 0 Å². The van der Waals surface area contributed by atoms with E-state index >= 15 is 0 Å². The van der Waals surface area contributed by atoms with Gasteiger partial charge in [0.05, 0.1) is 12.1 Å². The molecular formula is C19H13FN2O2. The SMILES string of the molecule is O=c1c(F)cc2ccccc2n1Cc1cc(-c2ccccc2)no1. The molecule has 0 aliphatic carbocycles. The first-order valence-corrected chi connectivity index (χ1v) is 7.51. The highest BCUT2D eigenvalue weighted by atomic mass is 19.1. The van der Waals surface area contributed by atoms with Crippen molar-refractivity contribution in [3.05, 3.63) is 88.7 Å². The van der Waals surface area contributed by atoms with Gasteiger partial charge in [0.2, 0.25) is 0 Å². The lowest BCUT2D eigenvalue weighted by atomic mass is 10.1. The van der Waals surface area contributed by atoms with E-state index in [4.69, 9.17) is 4.52 Å². The number of nitrogens with zero attached hydrogens (tertiary/aromatic N) is 2. The molecule has 0 bridgehead atoms. The Kier molecular flexibility index (Phi) is 3.46. The van der Waals surface area contributed by atoms with Crippen LogP contribution in [-0.2, 0) is 6.54 Å². The van der Waals surface area contributed by atoms with E-state index in [-0.39, 0.29) is 6.54 Å². The van der Waals surface area contributed by atoms with Gasteiger partial charge in [0.15, 0.2) is 11.6 Å². The van der Waals surface area contributed by atoms with Crippen molar-refractivity contribution in [2.45, 2.75) is 6.54 Å². The van der Waals surface area contributed by atoms with Crippen LogP contribution in [0.1, 0.15) is 5.76 Å². The second-order valence-corrected chi connectivity index (χ2v) is 5.49. The molecule has 0 saturated heterocycles. The number of aromatic nitrogens is 2. The summed E-state index contributed by atoms with van der Waals surface area (Å²) in [6.07, 6.45) is 0. The van der Waals surface area contributed by atoms with Crippen molar-refractivity contribution in [3.8, 4) is 11.3 Å². The third-order valence-corrected chi connectivity index (χ3v) is 3.90. The number of rotatable bonds is 3. The van der Waals surface area contributed by atoms with Crippen LogP contribution in [0.5, 0.6) is 0 Å². The number of halogens is 1. The van der Waals surface area contributed by atoms with Crippen LogP contribution < -0.4 is 5.56 Å². The molecule has 2 aromatic carbocycles. The van der Waals surface area contributed by atoms with Crippen LogP contribution in [0.15, 0.2) is 76.0 Å². The van der Waals surface area contributed by atoms with Gasteiger partial charge in [-0.1, -0.05) is 53.7 Å². The highest BCUT2D eigenvalue weighted by Gasteiger charge is 2.12. The lowest BCUT2D eigenvalue weighted by Gasteiger charge is -2.08. The highest BCUT2D eigenvalue weighted by Crippen LogP contribution is 2.20. The largest absolute Gasteiger partial charge is 0.359 e. The van der Waals surface area contributed by atoms with Gasteiger partial charge >= 0.3 is 0 Å². The molecule has 0 unspecified atom stereocenters. The molecule has 0 fully saturated rings. The minimum Gasteiger partial charge on any atom is -0.359 e. The van der Waals surface area contributed by atoms with Crippen LogP contribution in [0.25, 0.3) is 22.2 Å². The minimum atomic E-state index is -0.781. The van der Waals surface area contributed by atoms with Gasteiger partial charge in [-0.15, -0.1) is 0 Å². The van der Waals surface area contributed by atoms with Crippen LogP contribution in [0.2, 0.25) is 0 Å². The number of hydrogen-bond donors (Lipinski definition) is 0. The molecule has 4 aromatic rings. The van der Waals surface area contributed by atoms with E-state index in [0.717, 1.165) is 5.56 Å². The Morgan fingerprint density at radius 3 is 2.58 bits per heavy atom. The molecule has 0 N–H and O–H groups in total. The number of hydrogen-bond acceptors (Lipinski definition) is 3. The fraction of sp³-hybridized carbons (Fsp3) is 0.0526. The quantitative estimate of drug-likeness (QED) is 0.576. The summed E-state index contributed by atoms with van der Waals surface area (Å²) in [7, 11) is 0. The maximum atomic E-state index is 13.9. The smallest absolute Gasteiger partial charge is 0.287 e. The summed E-state index contributed by atoms with van der Waals surface area (Å²) in [5, 5.41) is 4.69. The normalized spacial score (nSPS) is 11.0. The van der Waals surface area contributed by atoms with Crippen molar-refractivity contribution < 1.29 is 8.91 Å². The summed E-state index contributed by atoms with van der Waals surface area (Å²) in [6.45, 7) is 0.122. The highest BCUT2D eigenvalue weighted by molar-refractivity contribution is 5.79. The first-order chi connectivity index (χ1) is 11.7. The van der Waals surface area contributed by atoms with E-state index in [1.807, 2.05) is 36.4 Å². The second-order valence-electron chi connectivity index (χ2n) is 5.49. The summed E-state index contributed by atoms with van der Waals surface area (Å²) in [6, 6.07) is 19.8. The summed E-state index contributed by atoms with van der Waals surface area (Å²) < 4.78 is 20.6. The van der Waals surface area contributed by atoms with Crippen LogP contribution in [0.3, 0.4) is 0 Å². The topological polar surface area (TPSA) is 48.0 Å². The molecule has 2 aromatic heterocycles. The van der Waals surface area contributed by atoms with Gasteiger partial charge in [0.25, 0.3) is 5.56 Å². The van der Waals surface area contributed by atoms with Crippen molar-refractivity contribution in [3.63, 3.8) is 0 Å². The maximum absolute atomic E-state index is 13.9. The third-order valence-electron chi connectivity index (χ3n) is 3.90. The zero-order valence-corrected chi connectivity index (χ0v) is 12.6. The Morgan fingerprint density at radius 1 is 1.00 bits per heavy atom. The van der Waals surface area contributed by atoms with Gasteiger partial charge in [-0.05, 0) is 12.1 Å². The minimum absolute atomic E-state index is 0.122. The predicted octanol–water partition coefficient (Wildman–Crippen LogP) is 3.84. The fourth-order valence-electron chi connectivity index (χ4n) is 2.74. The van der Waals surface area contributed by atoms with Gasteiger partial charge in [-0.25, -0.2) is 4.39 Å². The van der Waals surface area contributed by atoms with E-state index < -0.39 is 11.4 Å². The molecule has 5 heteroatoms. The molecular weight excluding hydrogens is 307 g/mol. The summed E-state index contributed by atoms with van der Waals surface area (Å²) in [4.78, 5) is 12.2. The summed E-state index contributed by atoms with van der Waals surface area (Å²) in [5.41, 5.74) is 1.58. The molecule has 0 atom stereocenters. The average molecular weight is 320 g/mol. The van der Waals surface area contributed by atoms with Crippen LogP contribution in [-0.4, -0.2) is 9.72 Å². The zero-order valence-electron chi connectivity index (χ0n) is 12.6. The lowest BCUT2D eigenvalue weighted by molar-refractivity contribution is 0.377. The summed E-state index contributed by atoms with van der Waals surface area (Å²) in [5.74, 6) is -0.289. The molecule has 2 heterocycles. The molecule has 4 nitrogen and oxygen atoms in total. The molecule has 0 amide bonds. The van der Waals surface area contributed by atoms with Crippen molar-refractivity contribution in [1.29, 1.82) is 0 Å². The van der Waals surface area contributed by atoms with Crippen molar-refractivity contribution in [1.82, 2.24) is 9.72 Å². The zero-order chi connectivity index (χ0) is 16.5. The fourth-order valence-corrected chi connectivity index (χ4v) is 2.74. The van der Waals surface area contributed by atoms with Crippen LogP contribution >= 0.6 is 0 Å². The molecule has 0 radical (unpaired) electrons. The number of pyridine rings is 1. The molecule has 4 rings (SSSR count). The van der Waals surface area contributed by atoms with Crippen LogP contribution in [0, 0.1) is 5.82 Å². The van der Waals surface area contributed by atoms with E-state index in [0.29, 0.717) is 22.4 Å². The molecule has 0 saturated carbocycles. The Hall–Kier alpha value is -3.21. The Morgan fingerprint density at radius 2 is 1.75 bits per heavy atom. The molecule has 118 valence electrons. The van der Waals surface area contributed by atoms with E-state index in [1.165, 1.54) is 10.6 Å². The van der Waals surface area contributed by atoms with E-state index in [2.05, 4.69) is 5.16 Å². The first kappa shape index (κ1) is 14.4. The second kappa shape index (κ2) is 5.77. The van der Waals surface area contributed by atoms with Gasteiger partial charge < -0.3 is 4.52 Å². The van der Waals surface area contributed by atoms with Gasteiger partial charge in [0, 0.05) is 17.0 Å². The monoisotopic (exact) mass is 320 g/mol. The van der Waals surface area contributed by atoms with Crippen LogP contribution in [0.4, 0.5) is 4.39 Å². The molecule has 0 spiro atoms. The lowest BCUT2D eigenvalue weighted by Crippen LogP contribution is -2.23. The van der Waals surface area contributed by atoms with Gasteiger partial charge in [0.1, 0.15) is 5.69 Å². The van der Waals surface area contributed by atoms with Gasteiger partial charge in [-0.3, -0.25) is 9.36 Å². The number of fused-ring (bicyclic) bond motifs is 1. The Labute approximate surface area is 136 Å². The average Bonchev–Trinajstić information content (AvgIpc) is 3.08. The molecule has 24 heavy (non-hydrogen) atoms. The molecule has 0 aliphatic heterocycles. The number of para-hydroxylation sites is 1. The molecule has 0 aliphatic rings.